The van der Waals surface area contributed by atoms with Gasteiger partial charge >= 0.3 is 0 Å². The van der Waals surface area contributed by atoms with Gasteiger partial charge in [-0.25, -0.2) is 0 Å². The van der Waals surface area contributed by atoms with Gasteiger partial charge in [-0.1, -0.05) is 46.3 Å². The van der Waals surface area contributed by atoms with E-state index in [0.717, 1.165) is 17.6 Å². The standard InChI is InChI=1S/C14H18BrN3/c1-11-13(9-15)14(18(3)16-11)17(2)10-12-7-5-4-6-8-12/h4-8H,9-10H2,1-3H3. The van der Waals surface area contributed by atoms with Crippen LogP contribution in [0.3, 0.4) is 0 Å². The summed E-state index contributed by atoms with van der Waals surface area (Å²) in [7, 11) is 4.10. The van der Waals surface area contributed by atoms with Gasteiger partial charge in [-0.3, -0.25) is 4.68 Å². The second kappa shape index (κ2) is 5.57. The highest BCUT2D eigenvalue weighted by Gasteiger charge is 2.15. The first kappa shape index (κ1) is 13.1. The summed E-state index contributed by atoms with van der Waals surface area (Å²) >= 11 is 3.55. The summed E-state index contributed by atoms with van der Waals surface area (Å²) in [5, 5.41) is 5.32. The van der Waals surface area contributed by atoms with Crippen LogP contribution in [0, 0.1) is 6.92 Å². The molecule has 0 aliphatic heterocycles. The maximum Gasteiger partial charge on any atom is 0.130 e. The average Bonchev–Trinajstić information content (AvgIpc) is 2.64. The Morgan fingerprint density at radius 2 is 1.94 bits per heavy atom. The van der Waals surface area contributed by atoms with Gasteiger partial charge in [0.05, 0.1) is 5.69 Å². The third-order valence-electron chi connectivity index (χ3n) is 3.07. The Kier molecular flexibility index (Phi) is 4.07. The lowest BCUT2D eigenvalue weighted by molar-refractivity contribution is 0.726. The van der Waals surface area contributed by atoms with Crippen molar-refractivity contribution in [3.63, 3.8) is 0 Å². The van der Waals surface area contributed by atoms with E-state index in [1.807, 2.05) is 17.8 Å². The lowest BCUT2D eigenvalue weighted by atomic mass is 10.2. The van der Waals surface area contributed by atoms with E-state index < -0.39 is 0 Å². The molecule has 4 heteroatoms. The van der Waals surface area contributed by atoms with E-state index in [9.17, 15) is 0 Å². The summed E-state index contributed by atoms with van der Waals surface area (Å²) in [5.41, 5.74) is 3.65. The Morgan fingerprint density at radius 1 is 1.28 bits per heavy atom. The van der Waals surface area contributed by atoms with E-state index in [1.165, 1.54) is 16.9 Å². The third-order valence-corrected chi connectivity index (χ3v) is 3.63. The van der Waals surface area contributed by atoms with Gasteiger partial charge in [0.2, 0.25) is 0 Å². The van der Waals surface area contributed by atoms with Crippen molar-refractivity contribution in [3.05, 3.63) is 47.2 Å². The number of anilines is 1. The van der Waals surface area contributed by atoms with Crippen molar-refractivity contribution in [2.45, 2.75) is 18.8 Å². The molecule has 0 spiro atoms. The molecule has 96 valence electrons. The molecule has 0 atom stereocenters. The topological polar surface area (TPSA) is 21.1 Å². The predicted octanol–water partition coefficient (Wildman–Crippen LogP) is 3.26. The normalized spacial score (nSPS) is 10.7. The highest BCUT2D eigenvalue weighted by molar-refractivity contribution is 9.08. The minimum atomic E-state index is 0.834. The quantitative estimate of drug-likeness (QED) is 0.808. The first-order valence-electron chi connectivity index (χ1n) is 5.97. The Bertz CT molecular complexity index is 519. The van der Waals surface area contributed by atoms with Crippen LogP contribution in [0.4, 0.5) is 5.82 Å². The Labute approximate surface area is 117 Å². The molecule has 0 amide bonds. The number of hydrogen-bond donors (Lipinski definition) is 0. The molecule has 0 fully saturated rings. The molecule has 0 bridgehead atoms. The summed E-state index contributed by atoms with van der Waals surface area (Å²) in [6.45, 7) is 2.94. The SMILES string of the molecule is Cc1nn(C)c(N(C)Cc2ccccc2)c1CBr. The molecule has 1 aromatic heterocycles. The van der Waals surface area contributed by atoms with Crippen LogP contribution in [0.15, 0.2) is 30.3 Å². The molecule has 0 N–H and O–H groups in total. The lowest BCUT2D eigenvalue weighted by Gasteiger charge is -2.20. The number of benzene rings is 1. The molecule has 18 heavy (non-hydrogen) atoms. The van der Waals surface area contributed by atoms with Crippen LogP contribution >= 0.6 is 15.9 Å². The Hall–Kier alpha value is -1.29. The molecule has 0 aliphatic rings. The van der Waals surface area contributed by atoms with E-state index in [2.05, 4.69) is 64.2 Å². The van der Waals surface area contributed by atoms with Gasteiger partial charge in [-0.2, -0.15) is 5.10 Å². The van der Waals surface area contributed by atoms with E-state index in [0.29, 0.717) is 0 Å². The van der Waals surface area contributed by atoms with Gasteiger partial charge in [0.15, 0.2) is 0 Å². The van der Waals surface area contributed by atoms with Gasteiger partial charge in [0.25, 0.3) is 0 Å². The molecular formula is C14H18BrN3. The summed E-state index contributed by atoms with van der Waals surface area (Å²) in [5.74, 6) is 1.17. The highest BCUT2D eigenvalue weighted by Crippen LogP contribution is 2.25. The molecule has 2 aromatic rings. The average molecular weight is 308 g/mol. The number of nitrogens with zero attached hydrogens (tertiary/aromatic N) is 3. The second-order valence-corrected chi connectivity index (χ2v) is 5.05. The number of aryl methyl sites for hydroxylation is 2. The fourth-order valence-electron chi connectivity index (χ4n) is 2.26. The van der Waals surface area contributed by atoms with Crippen LogP contribution in [0.1, 0.15) is 16.8 Å². The molecule has 3 nitrogen and oxygen atoms in total. The minimum absolute atomic E-state index is 0.834. The summed E-state index contributed by atoms with van der Waals surface area (Å²) in [6, 6.07) is 10.5. The third kappa shape index (κ3) is 2.58. The summed E-state index contributed by atoms with van der Waals surface area (Å²) in [4.78, 5) is 2.24. The van der Waals surface area contributed by atoms with Gasteiger partial charge in [0, 0.05) is 31.5 Å². The van der Waals surface area contributed by atoms with Crippen LogP contribution in [0.2, 0.25) is 0 Å². The van der Waals surface area contributed by atoms with Crippen molar-refractivity contribution in [1.82, 2.24) is 9.78 Å². The number of aromatic nitrogens is 2. The maximum atomic E-state index is 4.49. The Balaban J connectivity index is 2.26. The summed E-state index contributed by atoms with van der Waals surface area (Å²) in [6.07, 6.45) is 0. The number of hydrogen-bond acceptors (Lipinski definition) is 2. The minimum Gasteiger partial charge on any atom is -0.355 e. The van der Waals surface area contributed by atoms with E-state index in [1.54, 1.807) is 0 Å². The first-order valence-corrected chi connectivity index (χ1v) is 7.09. The van der Waals surface area contributed by atoms with Crippen molar-refractivity contribution in [1.29, 1.82) is 0 Å². The monoisotopic (exact) mass is 307 g/mol. The first-order chi connectivity index (χ1) is 8.63. The maximum absolute atomic E-state index is 4.49. The molecule has 0 aliphatic carbocycles. The lowest BCUT2D eigenvalue weighted by Crippen LogP contribution is -2.20. The zero-order valence-electron chi connectivity index (χ0n) is 11.0. The van der Waals surface area contributed by atoms with Crippen LogP contribution in [0.5, 0.6) is 0 Å². The summed E-state index contributed by atoms with van der Waals surface area (Å²) < 4.78 is 1.95. The van der Waals surface area contributed by atoms with Gasteiger partial charge in [-0.05, 0) is 12.5 Å². The molecule has 1 heterocycles. The number of halogens is 1. The fourth-order valence-corrected chi connectivity index (χ4v) is 2.91. The molecule has 0 radical (unpaired) electrons. The van der Waals surface area contributed by atoms with Crippen molar-refractivity contribution < 1.29 is 0 Å². The van der Waals surface area contributed by atoms with E-state index in [4.69, 9.17) is 0 Å². The number of rotatable bonds is 4. The van der Waals surface area contributed by atoms with Gasteiger partial charge in [-0.15, -0.1) is 0 Å². The molecule has 0 unspecified atom stereocenters. The van der Waals surface area contributed by atoms with Gasteiger partial charge < -0.3 is 4.90 Å². The van der Waals surface area contributed by atoms with Crippen LogP contribution in [-0.4, -0.2) is 16.8 Å². The zero-order chi connectivity index (χ0) is 13.1. The molecule has 2 rings (SSSR count). The van der Waals surface area contributed by atoms with E-state index >= 15 is 0 Å². The largest absolute Gasteiger partial charge is 0.355 e. The predicted molar refractivity (Wildman–Crippen MR) is 79.1 cm³/mol. The van der Waals surface area contributed by atoms with Crippen LogP contribution in [0.25, 0.3) is 0 Å². The Morgan fingerprint density at radius 3 is 2.56 bits per heavy atom. The smallest absolute Gasteiger partial charge is 0.130 e. The number of alkyl halides is 1. The molecule has 0 saturated carbocycles. The van der Waals surface area contributed by atoms with E-state index in [-0.39, 0.29) is 0 Å². The molecule has 1 aromatic carbocycles. The van der Waals surface area contributed by atoms with Crippen LogP contribution < -0.4 is 4.90 Å². The highest BCUT2D eigenvalue weighted by atomic mass is 79.9. The van der Waals surface area contributed by atoms with Crippen molar-refractivity contribution in [3.8, 4) is 0 Å². The molecular weight excluding hydrogens is 290 g/mol. The van der Waals surface area contributed by atoms with Crippen molar-refractivity contribution in [2.75, 3.05) is 11.9 Å². The van der Waals surface area contributed by atoms with Gasteiger partial charge in [0.1, 0.15) is 5.82 Å². The second-order valence-electron chi connectivity index (χ2n) is 4.49. The van der Waals surface area contributed by atoms with Crippen molar-refractivity contribution in [2.24, 2.45) is 7.05 Å². The van der Waals surface area contributed by atoms with Crippen LogP contribution in [-0.2, 0) is 18.9 Å². The zero-order valence-corrected chi connectivity index (χ0v) is 12.6. The fraction of sp³-hybridized carbons (Fsp3) is 0.357. The van der Waals surface area contributed by atoms with Crippen molar-refractivity contribution >= 4 is 21.7 Å². The molecule has 0 saturated heterocycles.